The van der Waals surface area contributed by atoms with Crippen LogP contribution >= 0.6 is 0 Å². The van der Waals surface area contributed by atoms with Crippen LogP contribution in [-0.2, 0) is 14.9 Å². The third-order valence-corrected chi connectivity index (χ3v) is 10.3. The largest absolute Gasteiger partial charge is 0.454 e. The van der Waals surface area contributed by atoms with E-state index in [1.165, 1.54) is 12.0 Å². The number of rotatable bonds is 0. The van der Waals surface area contributed by atoms with Gasteiger partial charge in [-0.1, -0.05) is 6.07 Å². The van der Waals surface area contributed by atoms with Crippen LogP contribution in [0.2, 0.25) is 0 Å². The van der Waals surface area contributed by atoms with Gasteiger partial charge in [0.1, 0.15) is 11.6 Å². The molecule has 1 N–H and O–H groups in total. The normalized spacial score (nSPS) is 46.9. The molecular formula is C24H23N3O6. The Morgan fingerprint density at radius 1 is 1.30 bits per heavy atom. The van der Waals surface area contributed by atoms with Gasteiger partial charge in [0.15, 0.2) is 17.3 Å². The number of hydrogen-bond donors (Lipinski definition) is 1. The lowest BCUT2D eigenvalue weighted by molar-refractivity contribution is -0.196. The zero-order valence-corrected chi connectivity index (χ0v) is 18.2. The third-order valence-electron chi connectivity index (χ3n) is 10.3. The van der Waals surface area contributed by atoms with Crippen LogP contribution < -0.4 is 14.4 Å². The van der Waals surface area contributed by atoms with Crippen LogP contribution in [0.25, 0.3) is 0 Å². The number of fused-ring (bicyclic) bond motifs is 4. The lowest BCUT2D eigenvalue weighted by Gasteiger charge is -2.69. The number of nitriles is 1. The molecule has 1 aromatic rings. The molecule has 33 heavy (non-hydrogen) atoms. The van der Waals surface area contributed by atoms with E-state index in [2.05, 4.69) is 11.0 Å². The van der Waals surface area contributed by atoms with E-state index < -0.39 is 34.6 Å². The van der Waals surface area contributed by atoms with E-state index in [-0.39, 0.29) is 24.0 Å². The van der Waals surface area contributed by atoms with Gasteiger partial charge in [-0.2, -0.15) is 5.26 Å². The van der Waals surface area contributed by atoms with E-state index in [1.807, 2.05) is 12.1 Å². The molecule has 0 aromatic heterocycles. The molecule has 4 aliphatic heterocycles. The van der Waals surface area contributed by atoms with E-state index in [9.17, 15) is 20.0 Å². The minimum atomic E-state index is -1.75. The van der Waals surface area contributed by atoms with Crippen molar-refractivity contribution < 1.29 is 28.9 Å². The number of piperidine rings is 1. The molecule has 4 bridgehead atoms. The zero-order valence-electron chi connectivity index (χ0n) is 18.2. The number of anilines is 1. The molecule has 0 unspecified atom stereocenters. The molecule has 4 saturated carbocycles. The van der Waals surface area contributed by atoms with Crippen molar-refractivity contribution >= 4 is 17.6 Å². The fourth-order valence-corrected chi connectivity index (χ4v) is 9.86. The van der Waals surface area contributed by atoms with Gasteiger partial charge in [0, 0.05) is 6.04 Å². The van der Waals surface area contributed by atoms with Crippen molar-refractivity contribution in [3.8, 4) is 17.6 Å². The molecule has 3 spiro atoms. The highest BCUT2D eigenvalue weighted by Gasteiger charge is 2.95. The molecular weight excluding hydrogens is 426 g/mol. The molecule has 9 heteroatoms. The van der Waals surface area contributed by atoms with E-state index in [1.54, 1.807) is 0 Å². The first-order chi connectivity index (χ1) is 15.9. The summed E-state index contributed by atoms with van der Waals surface area (Å²) in [6.45, 7) is 0.774. The van der Waals surface area contributed by atoms with Gasteiger partial charge in [-0.25, -0.2) is 4.79 Å². The van der Waals surface area contributed by atoms with Crippen LogP contribution in [0, 0.1) is 22.7 Å². The topological polar surface area (TPSA) is 112 Å². The van der Waals surface area contributed by atoms with Gasteiger partial charge in [-0.05, 0) is 55.7 Å². The Morgan fingerprint density at radius 2 is 2.15 bits per heavy atom. The Bertz CT molecular complexity index is 1240. The monoisotopic (exact) mass is 449 g/mol. The van der Waals surface area contributed by atoms with Crippen molar-refractivity contribution in [3.05, 3.63) is 17.7 Å². The highest BCUT2D eigenvalue weighted by atomic mass is 16.7. The highest BCUT2D eigenvalue weighted by Crippen LogP contribution is 2.83. The van der Waals surface area contributed by atoms with E-state index >= 15 is 0 Å². The number of ketones is 1. The number of carbonyl (C=O) groups excluding carboxylic acids is 2. The molecule has 1 aromatic carbocycles. The fourth-order valence-electron chi connectivity index (χ4n) is 9.86. The predicted molar refractivity (Wildman–Crippen MR) is 111 cm³/mol. The van der Waals surface area contributed by atoms with Crippen molar-refractivity contribution in [2.75, 3.05) is 25.3 Å². The maximum absolute atomic E-state index is 14.2. The Labute approximate surface area is 189 Å². The zero-order chi connectivity index (χ0) is 22.5. The second-order valence-electron chi connectivity index (χ2n) is 10.8. The SMILES string of the molecule is COC(=O)N1c2c(ccc3c2OCO3)[C@]23[C@H]4C(=O)[C@@]5(O)C[C@@]6(CCCN([C@H]4C#N)[C@@H]62)CC[C@]135. The molecule has 1 amide bonds. The fraction of sp³-hybridized carbons (Fsp3) is 0.625. The summed E-state index contributed by atoms with van der Waals surface area (Å²) in [6.07, 6.45) is 2.80. The van der Waals surface area contributed by atoms with Crippen LogP contribution in [0.1, 0.15) is 37.7 Å². The average molecular weight is 449 g/mol. The summed E-state index contributed by atoms with van der Waals surface area (Å²) in [5.41, 5.74) is -2.78. The molecule has 0 radical (unpaired) electrons. The Hall–Kier alpha value is -2.83. The van der Waals surface area contributed by atoms with Gasteiger partial charge in [-0.3, -0.25) is 14.6 Å². The summed E-state index contributed by atoms with van der Waals surface area (Å²) in [5.74, 6) is -0.0266. The smallest absolute Gasteiger partial charge is 0.414 e. The van der Waals surface area contributed by atoms with Gasteiger partial charge in [-0.15, -0.1) is 0 Å². The number of Topliss-reactive ketones (excluding diaryl/α,β-unsaturated/α-hetero) is 1. The lowest BCUT2D eigenvalue weighted by atomic mass is 9.40. The van der Waals surface area contributed by atoms with E-state index in [0.29, 0.717) is 30.0 Å². The Balaban J connectivity index is 1.56. The molecule has 4 heterocycles. The van der Waals surface area contributed by atoms with Gasteiger partial charge in [0.05, 0.1) is 35.7 Å². The minimum Gasteiger partial charge on any atom is -0.454 e. The highest BCUT2D eigenvalue weighted by molar-refractivity contribution is 6.09. The Kier molecular flexibility index (Phi) is 2.89. The van der Waals surface area contributed by atoms with Crippen LogP contribution in [0.4, 0.5) is 10.5 Å². The summed E-state index contributed by atoms with van der Waals surface area (Å²) in [6, 6.07) is 5.46. The second-order valence-corrected chi connectivity index (χ2v) is 10.8. The molecule has 2 saturated heterocycles. The Morgan fingerprint density at radius 3 is 2.94 bits per heavy atom. The maximum Gasteiger partial charge on any atom is 0.414 e. The van der Waals surface area contributed by atoms with Crippen molar-refractivity contribution in [3.63, 3.8) is 0 Å². The second kappa shape index (κ2) is 5.13. The maximum atomic E-state index is 14.2. The van der Waals surface area contributed by atoms with Crippen LogP contribution in [0.15, 0.2) is 12.1 Å². The third kappa shape index (κ3) is 1.44. The van der Waals surface area contributed by atoms with Crippen molar-refractivity contribution in [1.82, 2.24) is 4.90 Å². The first-order valence-corrected chi connectivity index (χ1v) is 11.7. The summed E-state index contributed by atoms with van der Waals surface area (Å²) in [4.78, 5) is 31.5. The first-order valence-electron chi connectivity index (χ1n) is 11.7. The quantitative estimate of drug-likeness (QED) is 0.634. The number of benzene rings is 1. The van der Waals surface area contributed by atoms with E-state index in [0.717, 1.165) is 31.4 Å². The number of aliphatic hydroxyl groups is 1. The summed E-state index contributed by atoms with van der Waals surface area (Å²) in [7, 11) is 1.32. The lowest BCUT2D eigenvalue weighted by Crippen LogP contribution is -2.82. The molecule has 9 rings (SSSR count). The molecule has 4 aliphatic carbocycles. The molecule has 8 aliphatic rings. The van der Waals surface area contributed by atoms with Crippen molar-refractivity contribution in [2.45, 2.75) is 60.7 Å². The average Bonchev–Trinajstić information content (AvgIpc) is 3.50. The number of ether oxygens (including phenoxy) is 3. The van der Waals surface area contributed by atoms with Crippen LogP contribution in [-0.4, -0.2) is 65.6 Å². The molecule has 170 valence electrons. The van der Waals surface area contributed by atoms with Crippen molar-refractivity contribution in [1.29, 1.82) is 5.26 Å². The number of methoxy groups -OCH3 is 1. The van der Waals surface area contributed by atoms with Crippen LogP contribution in [0.3, 0.4) is 0 Å². The number of hydrogen-bond acceptors (Lipinski definition) is 8. The van der Waals surface area contributed by atoms with Crippen LogP contribution in [0.5, 0.6) is 11.5 Å². The molecule has 6 fully saturated rings. The number of nitrogens with zero attached hydrogens (tertiary/aromatic N) is 3. The molecule has 7 atom stereocenters. The standard InChI is InChI=1S/C24H23N3O6/c1-31-20(29)27-16-12(3-4-14-17(16)33-11-32-14)24-15-13(9-25)26-8-2-5-21(19(24)26)6-7-23(24,27)22(30,10-21)18(15)28/h3-4,13,15,19,30H,2,5-8,10-11H2,1H3/t13-,15+,19-,21+,22-,23+,24-/m0/s1. The van der Waals surface area contributed by atoms with Gasteiger partial charge in [0.25, 0.3) is 0 Å². The first kappa shape index (κ1) is 18.6. The van der Waals surface area contributed by atoms with Crippen molar-refractivity contribution in [2.24, 2.45) is 11.3 Å². The number of carbonyl (C=O) groups is 2. The van der Waals surface area contributed by atoms with Gasteiger partial charge in [0.2, 0.25) is 6.79 Å². The molecule has 9 nitrogen and oxygen atoms in total. The minimum absolute atomic E-state index is 0.0355. The predicted octanol–water partition coefficient (Wildman–Crippen LogP) is 1.46. The summed E-state index contributed by atoms with van der Waals surface area (Å²) >= 11 is 0. The van der Waals surface area contributed by atoms with Gasteiger partial charge >= 0.3 is 6.09 Å². The van der Waals surface area contributed by atoms with Gasteiger partial charge < -0.3 is 19.3 Å². The summed E-state index contributed by atoms with van der Waals surface area (Å²) in [5, 5.41) is 22.7. The number of amides is 1. The summed E-state index contributed by atoms with van der Waals surface area (Å²) < 4.78 is 16.8. The van der Waals surface area contributed by atoms with E-state index in [4.69, 9.17) is 14.2 Å².